The molecule has 1 saturated carbocycles. The van der Waals surface area contributed by atoms with Crippen LogP contribution in [0, 0.1) is 0 Å². The van der Waals surface area contributed by atoms with Gasteiger partial charge in [0.2, 0.25) is 0 Å². The van der Waals surface area contributed by atoms with Gasteiger partial charge in [-0.1, -0.05) is 0 Å². The Morgan fingerprint density at radius 3 is 2.54 bits per heavy atom. The summed E-state index contributed by atoms with van der Waals surface area (Å²) in [6.07, 6.45) is 3.55. The van der Waals surface area contributed by atoms with Crippen molar-refractivity contribution < 1.29 is 4.57 Å². The molecule has 0 aliphatic heterocycles. The van der Waals surface area contributed by atoms with Crippen molar-refractivity contribution in [2.75, 3.05) is 0 Å². The van der Waals surface area contributed by atoms with Crippen LogP contribution in [0.3, 0.4) is 0 Å². The first kappa shape index (κ1) is 10.4. The molecule has 0 spiro atoms. The molecule has 0 heterocycles. The first-order valence-electron chi connectivity index (χ1n) is 4.37. The van der Waals surface area contributed by atoms with Crippen molar-refractivity contribution in [3.05, 3.63) is 11.0 Å². The highest BCUT2D eigenvalue weighted by atomic mass is 31.1. The number of allylic oxidation sites excluding steroid dienone is 1. The molecule has 1 fully saturated rings. The van der Waals surface area contributed by atoms with Gasteiger partial charge in [-0.25, -0.2) is 4.99 Å². The van der Waals surface area contributed by atoms with E-state index in [0.29, 0.717) is 5.66 Å². The van der Waals surface area contributed by atoms with Gasteiger partial charge in [-0.05, 0) is 39.0 Å². The van der Waals surface area contributed by atoms with E-state index in [4.69, 9.17) is 0 Å². The van der Waals surface area contributed by atoms with Gasteiger partial charge in [0.15, 0.2) is 0 Å². The minimum atomic E-state index is -1.66. The van der Waals surface area contributed by atoms with Gasteiger partial charge in [0, 0.05) is 5.66 Å². The van der Waals surface area contributed by atoms with Crippen molar-refractivity contribution in [3.8, 4) is 0 Å². The molecule has 0 radical (unpaired) electrons. The molecule has 72 valence electrons. The molecule has 0 amide bonds. The second-order valence-electron chi connectivity index (χ2n) is 3.41. The van der Waals surface area contributed by atoms with Crippen molar-refractivity contribution >= 4 is 20.9 Å². The monoisotopic (exact) mass is 198 g/mol. The third-order valence-electron chi connectivity index (χ3n) is 1.92. The van der Waals surface area contributed by atoms with Crippen molar-refractivity contribution in [3.63, 3.8) is 0 Å². The normalized spacial score (nSPS) is 18.6. The highest BCUT2D eigenvalue weighted by molar-refractivity contribution is 7.50. The maximum absolute atomic E-state index is 11.8. The van der Waals surface area contributed by atoms with Gasteiger partial charge in [0.1, 0.15) is 14.1 Å². The summed E-state index contributed by atoms with van der Waals surface area (Å²) in [6.45, 7) is 7.16. The van der Waals surface area contributed by atoms with Crippen LogP contribution in [0.1, 0.15) is 26.7 Å². The average Bonchev–Trinajstić information content (AvgIpc) is 2.86. The zero-order valence-electron chi connectivity index (χ0n) is 8.08. The van der Waals surface area contributed by atoms with Gasteiger partial charge >= 0.3 is 0 Å². The van der Waals surface area contributed by atoms with Gasteiger partial charge in [0.05, 0.1) is 5.44 Å². The van der Waals surface area contributed by atoms with Gasteiger partial charge < -0.3 is 4.57 Å². The van der Waals surface area contributed by atoms with Gasteiger partial charge in [-0.3, -0.25) is 4.99 Å². The Bertz CT molecular complexity index is 286. The molecular weight excluding hydrogens is 183 g/mol. The van der Waals surface area contributed by atoms with Crippen LogP contribution < -0.4 is 0 Å². The zero-order chi connectivity index (χ0) is 9.84. The lowest BCUT2D eigenvalue weighted by Gasteiger charge is -2.02. The molecule has 1 rings (SSSR count). The first-order chi connectivity index (χ1) is 6.16. The fourth-order valence-electron chi connectivity index (χ4n) is 1.08. The summed E-state index contributed by atoms with van der Waals surface area (Å²) in [5.74, 6) is 0. The van der Waals surface area contributed by atoms with Crippen LogP contribution in [0.4, 0.5) is 0 Å². The first-order valence-corrected chi connectivity index (χ1v) is 5.85. The molecule has 0 bridgehead atoms. The predicted molar refractivity (Wildman–Crippen MR) is 58.4 cm³/mol. The lowest BCUT2D eigenvalue weighted by Crippen LogP contribution is -1.81. The predicted octanol–water partition coefficient (Wildman–Crippen LogP) is 2.69. The largest absolute Gasteiger partial charge is 0.320 e. The minimum Gasteiger partial charge on any atom is -0.320 e. The second-order valence-corrected chi connectivity index (χ2v) is 5.43. The summed E-state index contributed by atoms with van der Waals surface area (Å²) in [4.78, 5) is 7.58. The van der Waals surface area contributed by atoms with Gasteiger partial charge in [-0.15, -0.1) is 0 Å². The lowest BCUT2D eigenvalue weighted by atomic mass is 10.4. The Balaban J connectivity index is 2.79. The summed E-state index contributed by atoms with van der Waals surface area (Å²) in [5, 5.41) is 0. The van der Waals surface area contributed by atoms with Crippen LogP contribution in [-0.2, 0) is 4.57 Å². The summed E-state index contributed by atoms with van der Waals surface area (Å²) in [7, 11) is -1.66. The van der Waals surface area contributed by atoms with Gasteiger partial charge in [-0.2, -0.15) is 0 Å². The molecule has 1 atom stereocenters. The van der Waals surface area contributed by atoms with Crippen LogP contribution in [0.25, 0.3) is 0 Å². The average molecular weight is 198 g/mol. The van der Waals surface area contributed by atoms with E-state index in [1.807, 2.05) is 13.8 Å². The highest BCUT2D eigenvalue weighted by Gasteiger charge is 2.30. The molecule has 13 heavy (non-hydrogen) atoms. The number of hydrogen-bond acceptors (Lipinski definition) is 2. The Morgan fingerprint density at radius 2 is 2.15 bits per heavy atom. The molecule has 0 aromatic heterocycles. The quantitative estimate of drug-likeness (QED) is 0.389. The second kappa shape index (κ2) is 4.52. The summed E-state index contributed by atoms with van der Waals surface area (Å²) in [5.41, 5.74) is 2.16. The Morgan fingerprint density at radius 1 is 1.54 bits per heavy atom. The maximum Gasteiger partial charge on any atom is 0.124 e. The third kappa shape index (κ3) is 2.92. The zero-order valence-corrected chi connectivity index (χ0v) is 9.08. The smallest absolute Gasteiger partial charge is 0.124 e. The lowest BCUT2D eigenvalue weighted by molar-refractivity contribution is 0.590. The molecule has 0 aromatic carbocycles. The number of nitrogens with zero attached hydrogens (tertiary/aromatic N) is 2. The van der Waals surface area contributed by atoms with Crippen molar-refractivity contribution in [2.24, 2.45) is 9.98 Å². The summed E-state index contributed by atoms with van der Waals surface area (Å²) >= 11 is 0. The third-order valence-corrected chi connectivity index (χ3v) is 4.34. The molecule has 0 aromatic rings. The fraction of sp³-hybridized carbons (Fsp3) is 0.556. The number of aliphatic imine (C=N–C) groups is 2. The van der Waals surface area contributed by atoms with Crippen LogP contribution in [-0.4, -0.2) is 18.7 Å². The van der Waals surface area contributed by atoms with E-state index < -0.39 is 7.80 Å². The molecule has 1 unspecified atom stereocenters. The SMILES string of the molecule is C=N/C=N\C(=C(C)C)[PH](=O)C1CC1. The van der Waals surface area contributed by atoms with E-state index in [1.54, 1.807) is 0 Å². The fourth-order valence-corrected chi connectivity index (χ4v) is 2.83. The number of rotatable bonds is 4. The van der Waals surface area contributed by atoms with E-state index in [2.05, 4.69) is 16.7 Å². The van der Waals surface area contributed by atoms with E-state index >= 15 is 0 Å². The van der Waals surface area contributed by atoms with E-state index in [9.17, 15) is 4.57 Å². The van der Waals surface area contributed by atoms with Crippen LogP contribution in [0.2, 0.25) is 0 Å². The summed E-state index contributed by atoms with van der Waals surface area (Å²) in [6, 6.07) is 0. The van der Waals surface area contributed by atoms with Gasteiger partial charge in [0.25, 0.3) is 0 Å². The highest BCUT2D eigenvalue weighted by Crippen LogP contribution is 2.51. The van der Waals surface area contributed by atoms with Crippen molar-refractivity contribution in [1.29, 1.82) is 0 Å². The molecule has 1 aliphatic carbocycles. The molecule has 4 heteroatoms. The van der Waals surface area contributed by atoms with Crippen LogP contribution in [0.15, 0.2) is 21.0 Å². The molecule has 3 nitrogen and oxygen atoms in total. The van der Waals surface area contributed by atoms with Crippen LogP contribution in [0.5, 0.6) is 0 Å². The molecule has 0 saturated heterocycles. The maximum atomic E-state index is 11.8. The van der Waals surface area contributed by atoms with E-state index in [1.165, 1.54) is 6.34 Å². The summed E-state index contributed by atoms with van der Waals surface area (Å²) < 4.78 is 11.8. The topological polar surface area (TPSA) is 41.8 Å². The van der Waals surface area contributed by atoms with Crippen LogP contribution >= 0.6 is 7.80 Å². The minimum absolute atomic E-state index is 0.400. The van der Waals surface area contributed by atoms with E-state index in [-0.39, 0.29) is 0 Å². The molecule has 0 N–H and O–H groups in total. The molecule has 1 aliphatic rings. The standard InChI is InChI=1S/C9H15N2OP/c1-7(2)9(11-6-10-3)13(12)8-4-5-8/h6,8,13H,3-5H2,1-2H3/b11-6-. The molecular formula is C9H15N2OP. The van der Waals surface area contributed by atoms with Crippen molar-refractivity contribution in [2.45, 2.75) is 32.3 Å². The van der Waals surface area contributed by atoms with E-state index in [0.717, 1.165) is 23.9 Å². The Kier molecular flexibility index (Phi) is 3.61. The Labute approximate surface area is 79.5 Å². The van der Waals surface area contributed by atoms with Crippen molar-refractivity contribution in [1.82, 2.24) is 0 Å². The Hall–Kier alpha value is -0.690. The number of hydrogen-bond donors (Lipinski definition) is 0.